The van der Waals surface area contributed by atoms with Crippen molar-refractivity contribution in [2.24, 2.45) is 0 Å². The van der Waals surface area contributed by atoms with Crippen LogP contribution in [0.4, 0.5) is 0 Å². The van der Waals surface area contributed by atoms with Gasteiger partial charge in [0.25, 0.3) is 0 Å². The van der Waals surface area contributed by atoms with Crippen molar-refractivity contribution in [3.63, 3.8) is 0 Å². The number of ether oxygens (including phenoxy) is 1. The van der Waals surface area contributed by atoms with E-state index in [0.29, 0.717) is 5.92 Å². The molecule has 1 heterocycles. The third-order valence-corrected chi connectivity index (χ3v) is 3.75. The Morgan fingerprint density at radius 3 is 2.60 bits per heavy atom. The first-order chi connectivity index (χ1) is 9.72. The van der Waals surface area contributed by atoms with E-state index in [1.54, 1.807) is 0 Å². The Morgan fingerprint density at radius 2 is 1.85 bits per heavy atom. The van der Waals surface area contributed by atoms with Crippen molar-refractivity contribution < 1.29 is 4.74 Å². The van der Waals surface area contributed by atoms with Gasteiger partial charge in [0.1, 0.15) is 11.9 Å². The fraction of sp³-hybridized carbons (Fsp3) is 0.263. The highest BCUT2D eigenvalue weighted by Crippen LogP contribution is 2.30. The third-order valence-electron chi connectivity index (χ3n) is 3.75. The van der Waals surface area contributed by atoms with Crippen molar-refractivity contribution in [2.45, 2.75) is 32.3 Å². The lowest BCUT2D eigenvalue weighted by molar-refractivity contribution is 0.246. The number of fused-ring (bicyclic) bond motifs is 1. The molecule has 1 nitrogen and oxygen atoms in total. The van der Waals surface area contributed by atoms with E-state index in [0.717, 1.165) is 12.2 Å². The minimum atomic E-state index is 0.132. The molecule has 1 atom stereocenters. The van der Waals surface area contributed by atoms with Gasteiger partial charge in [0.15, 0.2) is 0 Å². The van der Waals surface area contributed by atoms with Crippen molar-refractivity contribution in [3.05, 3.63) is 71.3 Å². The van der Waals surface area contributed by atoms with E-state index in [1.807, 2.05) is 6.07 Å². The van der Waals surface area contributed by atoms with Crippen LogP contribution in [0, 0.1) is 0 Å². The Kier molecular flexibility index (Phi) is 3.60. The van der Waals surface area contributed by atoms with E-state index in [4.69, 9.17) is 4.74 Å². The highest BCUT2D eigenvalue weighted by molar-refractivity contribution is 5.61. The SMILES string of the molecule is CC(C)c1ccc2c(c1)OC(Cc1ccccc1)C=C2. The minimum Gasteiger partial charge on any atom is -0.485 e. The molecule has 0 aromatic heterocycles. The number of benzene rings is 2. The molecule has 3 rings (SSSR count). The molecule has 0 bridgehead atoms. The quantitative estimate of drug-likeness (QED) is 0.771. The maximum absolute atomic E-state index is 6.14. The van der Waals surface area contributed by atoms with Crippen LogP contribution in [0.15, 0.2) is 54.6 Å². The summed E-state index contributed by atoms with van der Waals surface area (Å²) >= 11 is 0. The molecule has 1 heteroatoms. The van der Waals surface area contributed by atoms with Crippen LogP contribution in [0.1, 0.15) is 36.5 Å². The summed E-state index contributed by atoms with van der Waals surface area (Å²) in [7, 11) is 0. The molecular formula is C19H20O. The van der Waals surface area contributed by atoms with Crippen molar-refractivity contribution in [1.29, 1.82) is 0 Å². The van der Waals surface area contributed by atoms with Gasteiger partial charge in [-0.2, -0.15) is 0 Å². The smallest absolute Gasteiger partial charge is 0.127 e. The average molecular weight is 264 g/mol. The zero-order valence-electron chi connectivity index (χ0n) is 12.0. The summed E-state index contributed by atoms with van der Waals surface area (Å²) in [5.41, 5.74) is 3.82. The average Bonchev–Trinajstić information content (AvgIpc) is 2.47. The van der Waals surface area contributed by atoms with E-state index < -0.39 is 0 Å². The summed E-state index contributed by atoms with van der Waals surface area (Å²) in [6.45, 7) is 4.42. The normalized spacial score (nSPS) is 16.9. The van der Waals surface area contributed by atoms with E-state index in [2.05, 4.69) is 68.5 Å². The van der Waals surface area contributed by atoms with Crippen molar-refractivity contribution in [3.8, 4) is 5.75 Å². The molecule has 0 saturated heterocycles. The summed E-state index contributed by atoms with van der Waals surface area (Å²) in [4.78, 5) is 0. The Labute approximate surface area is 120 Å². The first-order valence-corrected chi connectivity index (χ1v) is 7.25. The molecule has 20 heavy (non-hydrogen) atoms. The summed E-state index contributed by atoms with van der Waals surface area (Å²) in [6, 6.07) is 17.0. The number of hydrogen-bond acceptors (Lipinski definition) is 1. The molecule has 2 aromatic carbocycles. The lowest BCUT2D eigenvalue weighted by Crippen LogP contribution is -2.19. The van der Waals surface area contributed by atoms with Gasteiger partial charge in [-0.15, -0.1) is 0 Å². The van der Waals surface area contributed by atoms with Gasteiger partial charge in [0, 0.05) is 12.0 Å². The summed E-state index contributed by atoms with van der Waals surface area (Å²) in [5, 5.41) is 0. The van der Waals surface area contributed by atoms with Crippen molar-refractivity contribution in [1.82, 2.24) is 0 Å². The van der Waals surface area contributed by atoms with Crippen LogP contribution in [0.3, 0.4) is 0 Å². The lowest BCUT2D eigenvalue weighted by atomic mass is 9.98. The molecular weight excluding hydrogens is 244 g/mol. The largest absolute Gasteiger partial charge is 0.485 e. The van der Waals surface area contributed by atoms with Gasteiger partial charge >= 0.3 is 0 Å². The number of hydrogen-bond donors (Lipinski definition) is 0. The predicted molar refractivity (Wildman–Crippen MR) is 84.1 cm³/mol. The second-order valence-corrected chi connectivity index (χ2v) is 5.66. The van der Waals surface area contributed by atoms with Crippen LogP contribution in [0.5, 0.6) is 5.75 Å². The van der Waals surface area contributed by atoms with Gasteiger partial charge in [0.2, 0.25) is 0 Å². The van der Waals surface area contributed by atoms with Crippen molar-refractivity contribution >= 4 is 6.08 Å². The van der Waals surface area contributed by atoms with E-state index in [9.17, 15) is 0 Å². The highest BCUT2D eigenvalue weighted by atomic mass is 16.5. The Morgan fingerprint density at radius 1 is 1.05 bits per heavy atom. The van der Waals surface area contributed by atoms with Crippen LogP contribution in [-0.2, 0) is 6.42 Å². The van der Waals surface area contributed by atoms with Gasteiger partial charge in [-0.3, -0.25) is 0 Å². The van der Waals surface area contributed by atoms with Gasteiger partial charge in [0.05, 0.1) is 0 Å². The molecule has 1 unspecified atom stereocenters. The summed E-state index contributed by atoms with van der Waals surface area (Å²) < 4.78 is 6.14. The standard InChI is InChI=1S/C19H20O/c1-14(2)17-9-8-16-10-11-18(20-19(16)13-17)12-15-6-4-3-5-7-15/h3-11,13-14,18H,12H2,1-2H3. The van der Waals surface area contributed by atoms with Gasteiger partial charge in [-0.25, -0.2) is 0 Å². The zero-order valence-corrected chi connectivity index (χ0v) is 12.0. The molecule has 0 fully saturated rings. The predicted octanol–water partition coefficient (Wildman–Crippen LogP) is 4.83. The molecule has 0 saturated carbocycles. The molecule has 2 aromatic rings. The second-order valence-electron chi connectivity index (χ2n) is 5.66. The Balaban J connectivity index is 1.79. The second kappa shape index (κ2) is 5.54. The fourth-order valence-electron chi connectivity index (χ4n) is 2.52. The van der Waals surface area contributed by atoms with Gasteiger partial charge in [-0.1, -0.05) is 62.4 Å². The molecule has 0 radical (unpaired) electrons. The third kappa shape index (κ3) is 2.77. The van der Waals surface area contributed by atoms with Crippen LogP contribution in [-0.4, -0.2) is 6.10 Å². The van der Waals surface area contributed by atoms with Crippen molar-refractivity contribution in [2.75, 3.05) is 0 Å². The molecule has 0 aliphatic carbocycles. The molecule has 1 aliphatic rings. The number of rotatable bonds is 3. The van der Waals surface area contributed by atoms with Crippen LogP contribution in [0.25, 0.3) is 6.08 Å². The molecule has 0 amide bonds. The van der Waals surface area contributed by atoms with Gasteiger partial charge in [-0.05, 0) is 29.2 Å². The zero-order chi connectivity index (χ0) is 13.9. The van der Waals surface area contributed by atoms with Gasteiger partial charge < -0.3 is 4.74 Å². The Bertz CT molecular complexity index is 611. The minimum absolute atomic E-state index is 0.132. The van der Waals surface area contributed by atoms with Crippen LogP contribution >= 0.6 is 0 Å². The fourth-order valence-corrected chi connectivity index (χ4v) is 2.52. The highest BCUT2D eigenvalue weighted by Gasteiger charge is 2.16. The molecule has 102 valence electrons. The monoisotopic (exact) mass is 264 g/mol. The first kappa shape index (κ1) is 13.0. The summed E-state index contributed by atoms with van der Waals surface area (Å²) in [5.74, 6) is 1.54. The van der Waals surface area contributed by atoms with Crippen LogP contribution < -0.4 is 4.74 Å². The molecule has 0 N–H and O–H groups in total. The van der Waals surface area contributed by atoms with E-state index in [1.165, 1.54) is 16.7 Å². The van der Waals surface area contributed by atoms with E-state index in [-0.39, 0.29) is 6.10 Å². The Hall–Kier alpha value is -2.02. The molecule has 0 spiro atoms. The summed E-state index contributed by atoms with van der Waals surface area (Å²) in [6.07, 6.45) is 5.39. The lowest BCUT2D eigenvalue weighted by Gasteiger charge is -2.22. The molecule has 1 aliphatic heterocycles. The maximum atomic E-state index is 6.14. The van der Waals surface area contributed by atoms with E-state index >= 15 is 0 Å². The first-order valence-electron chi connectivity index (χ1n) is 7.25. The van der Waals surface area contributed by atoms with Crippen LogP contribution in [0.2, 0.25) is 0 Å². The maximum Gasteiger partial charge on any atom is 0.127 e. The topological polar surface area (TPSA) is 9.23 Å².